The average molecular weight is 366 g/mol. The molecule has 1 aromatic carbocycles. The topological polar surface area (TPSA) is 71.5 Å². The zero-order chi connectivity index (χ0) is 17.9. The molecule has 8 heteroatoms. The van der Waals surface area contributed by atoms with Crippen molar-refractivity contribution in [3.63, 3.8) is 0 Å². The van der Waals surface area contributed by atoms with Crippen molar-refractivity contribution in [2.75, 3.05) is 11.8 Å². The summed E-state index contributed by atoms with van der Waals surface area (Å²) in [5, 5.41) is 12.2. The summed E-state index contributed by atoms with van der Waals surface area (Å²) in [7, 11) is 1.38. The lowest BCUT2D eigenvalue weighted by Crippen LogP contribution is -2.03. The van der Waals surface area contributed by atoms with Crippen molar-refractivity contribution in [1.82, 2.24) is 4.98 Å². The van der Waals surface area contributed by atoms with Crippen molar-refractivity contribution in [3.8, 4) is 5.75 Å². The number of aromatic nitrogens is 1. The predicted octanol–water partition coefficient (Wildman–Crippen LogP) is 4.70. The number of halogens is 1. The van der Waals surface area contributed by atoms with Crippen molar-refractivity contribution in [2.45, 2.75) is 11.9 Å². The van der Waals surface area contributed by atoms with Crippen molar-refractivity contribution in [1.29, 1.82) is 0 Å². The van der Waals surface area contributed by atoms with Crippen molar-refractivity contribution in [2.24, 2.45) is 0 Å². The molecule has 0 saturated heterocycles. The molecule has 0 unspecified atom stereocenters. The summed E-state index contributed by atoms with van der Waals surface area (Å²) in [4.78, 5) is 15.4. The number of anilines is 1. The molecule has 24 heavy (non-hydrogen) atoms. The highest BCUT2D eigenvalue weighted by atomic mass is 32.2. The van der Waals surface area contributed by atoms with Gasteiger partial charge in [-0.25, -0.2) is 14.2 Å². The van der Waals surface area contributed by atoms with E-state index >= 15 is 0 Å². The molecule has 5 nitrogen and oxygen atoms in total. The average Bonchev–Trinajstić information content (AvgIpc) is 3.00. The largest absolute Gasteiger partial charge is 0.495 e. The number of hydrogen-bond acceptors (Lipinski definition) is 6. The molecule has 2 aromatic rings. The highest BCUT2D eigenvalue weighted by molar-refractivity contribution is 8.00. The molecule has 0 saturated carbocycles. The van der Waals surface area contributed by atoms with Gasteiger partial charge in [-0.05, 0) is 18.6 Å². The lowest BCUT2D eigenvalue weighted by atomic mass is 10.2. The molecule has 0 radical (unpaired) electrons. The van der Waals surface area contributed by atoms with Crippen LogP contribution in [0.3, 0.4) is 0 Å². The van der Waals surface area contributed by atoms with Crippen LogP contribution in [-0.4, -0.2) is 23.2 Å². The maximum atomic E-state index is 13.8. The predicted molar refractivity (Wildman–Crippen MR) is 95.4 cm³/mol. The number of hydrogen-bond donors (Lipinski definition) is 2. The van der Waals surface area contributed by atoms with Crippen LogP contribution in [0.2, 0.25) is 0 Å². The molecule has 2 N–H and O–H groups in total. The Labute approximate surface area is 147 Å². The van der Waals surface area contributed by atoms with Gasteiger partial charge in [0.05, 0.1) is 18.4 Å². The fourth-order valence-electron chi connectivity index (χ4n) is 1.70. The van der Waals surface area contributed by atoms with E-state index in [0.717, 1.165) is 40.2 Å². The van der Waals surface area contributed by atoms with Crippen LogP contribution in [-0.2, 0) is 0 Å². The van der Waals surface area contributed by atoms with Gasteiger partial charge in [0.25, 0.3) is 0 Å². The van der Waals surface area contributed by atoms with Gasteiger partial charge in [-0.3, -0.25) is 0 Å². The van der Waals surface area contributed by atoms with Crippen LogP contribution >= 0.6 is 23.3 Å². The maximum absolute atomic E-state index is 13.8. The summed E-state index contributed by atoms with van der Waals surface area (Å²) >= 11 is 2.59. The smallest absolute Gasteiger partial charge is 0.338 e. The molecule has 126 valence electrons. The fraction of sp³-hybridized carbons (Fsp3) is 0.125. The Morgan fingerprint density at radius 1 is 1.46 bits per heavy atom. The molecular weight excluding hydrogens is 351 g/mol. The summed E-state index contributed by atoms with van der Waals surface area (Å²) in [6.07, 6.45) is 0. The molecule has 0 spiro atoms. The monoisotopic (exact) mass is 366 g/mol. The van der Waals surface area contributed by atoms with Crippen LogP contribution in [0.5, 0.6) is 5.75 Å². The quantitative estimate of drug-likeness (QED) is 0.547. The molecule has 0 fully saturated rings. The number of allylic oxidation sites excluding steroid dienone is 2. The molecule has 0 atom stereocenters. The van der Waals surface area contributed by atoms with Crippen LogP contribution in [0, 0.1) is 5.82 Å². The number of benzene rings is 1. The first-order valence-corrected chi connectivity index (χ1v) is 8.37. The number of carbonyl (C=O) groups is 1. The van der Waals surface area contributed by atoms with Gasteiger partial charge in [0.15, 0.2) is 0 Å². The Morgan fingerprint density at radius 3 is 2.75 bits per heavy atom. The molecule has 0 amide bonds. The number of nitrogens with one attached hydrogen (secondary N) is 1. The maximum Gasteiger partial charge on any atom is 0.338 e. The Balaban J connectivity index is 2.17. The van der Waals surface area contributed by atoms with E-state index in [-0.39, 0.29) is 5.75 Å². The Hall–Kier alpha value is -2.32. The summed E-state index contributed by atoms with van der Waals surface area (Å²) in [5.74, 6) is -1.98. The Morgan fingerprint density at radius 2 is 2.17 bits per heavy atom. The third-order valence-electron chi connectivity index (χ3n) is 3.04. The minimum atomic E-state index is -1.35. The summed E-state index contributed by atoms with van der Waals surface area (Å²) in [6, 6.07) is 2.21. The third-order valence-corrected chi connectivity index (χ3v) is 4.83. The van der Waals surface area contributed by atoms with Gasteiger partial charge in [0.1, 0.15) is 21.6 Å². The van der Waals surface area contributed by atoms with Crippen LogP contribution in [0.15, 0.2) is 41.3 Å². The van der Waals surface area contributed by atoms with Gasteiger partial charge in [-0.1, -0.05) is 13.2 Å². The van der Waals surface area contributed by atoms with E-state index in [1.807, 2.05) is 12.3 Å². The summed E-state index contributed by atoms with van der Waals surface area (Å²) in [5.41, 5.74) is 1.47. The first-order valence-electron chi connectivity index (χ1n) is 6.67. The van der Waals surface area contributed by atoms with Crippen LogP contribution in [0.25, 0.3) is 5.57 Å². The molecule has 1 aromatic heterocycles. The first kappa shape index (κ1) is 18.0. The minimum absolute atomic E-state index is 0.225. The summed E-state index contributed by atoms with van der Waals surface area (Å²) < 4.78 is 21.8. The number of carboxylic acid groups (broad SMARTS) is 1. The zero-order valence-corrected chi connectivity index (χ0v) is 14.7. The van der Waals surface area contributed by atoms with E-state index in [9.17, 15) is 9.18 Å². The normalized spacial score (nSPS) is 10.3. The van der Waals surface area contributed by atoms with Crippen molar-refractivity contribution in [3.05, 3.63) is 52.6 Å². The number of thiazole rings is 1. The molecule has 1 heterocycles. The lowest BCUT2D eigenvalue weighted by Gasteiger charge is -2.11. The molecule has 0 aliphatic carbocycles. The summed E-state index contributed by atoms with van der Waals surface area (Å²) in [6.45, 7) is 9.60. The van der Waals surface area contributed by atoms with Gasteiger partial charge in [0.2, 0.25) is 0 Å². The van der Waals surface area contributed by atoms with Gasteiger partial charge >= 0.3 is 5.97 Å². The minimum Gasteiger partial charge on any atom is -0.495 e. The van der Waals surface area contributed by atoms with E-state index in [0.29, 0.717) is 10.7 Å². The number of nitrogens with zero attached hydrogens (tertiary/aromatic N) is 1. The number of carboxylic acids is 1. The van der Waals surface area contributed by atoms with Crippen LogP contribution < -0.4 is 9.46 Å². The number of ether oxygens (including phenoxy) is 1. The Bertz CT molecular complexity index is 818. The number of aromatic carboxylic acids is 1. The SMILES string of the molecule is C=C(C)C(=C)c1nc(SNc2cc(F)c(C(=O)O)cc2OC)cs1. The van der Waals surface area contributed by atoms with Gasteiger partial charge in [0, 0.05) is 29.0 Å². The van der Waals surface area contributed by atoms with E-state index < -0.39 is 17.3 Å². The van der Waals surface area contributed by atoms with E-state index in [1.165, 1.54) is 18.4 Å². The Kier molecular flexibility index (Phi) is 5.63. The van der Waals surface area contributed by atoms with Crippen LogP contribution in [0.1, 0.15) is 22.3 Å². The van der Waals surface area contributed by atoms with Crippen molar-refractivity contribution < 1.29 is 19.0 Å². The van der Waals surface area contributed by atoms with Gasteiger partial charge < -0.3 is 14.6 Å². The molecule has 0 bridgehead atoms. The number of rotatable bonds is 7. The highest BCUT2D eigenvalue weighted by Crippen LogP contribution is 2.33. The highest BCUT2D eigenvalue weighted by Gasteiger charge is 2.16. The molecule has 0 aliphatic rings. The first-order chi connectivity index (χ1) is 11.3. The molecule has 0 aliphatic heterocycles. The number of methoxy groups -OCH3 is 1. The fourth-order valence-corrected chi connectivity index (χ4v) is 3.34. The van der Waals surface area contributed by atoms with E-state index in [2.05, 4.69) is 22.9 Å². The lowest BCUT2D eigenvalue weighted by molar-refractivity contribution is 0.0691. The molecule has 2 rings (SSSR count). The van der Waals surface area contributed by atoms with E-state index in [4.69, 9.17) is 9.84 Å². The van der Waals surface area contributed by atoms with E-state index in [1.54, 1.807) is 0 Å². The third kappa shape index (κ3) is 3.95. The van der Waals surface area contributed by atoms with Gasteiger partial charge in [-0.15, -0.1) is 11.3 Å². The van der Waals surface area contributed by atoms with Gasteiger partial charge in [-0.2, -0.15) is 0 Å². The molecular formula is C16H15FN2O3S2. The standard InChI is InChI=1S/C16H15FN2O3S2/c1-8(2)9(3)15-18-14(7-23-15)24-19-12-6-11(17)10(16(20)21)5-13(12)22-4/h5-7,19H,1,3H2,2,4H3,(H,20,21). The zero-order valence-electron chi connectivity index (χ0n) is 13.1. The second kappa shape index (κ2) is 7.50. The van der Waals surface area contributed by atoms with Crippen molar-refractivity contribution >= 4 is 40.5 Å². The second-order valence-corrected chi connectivity index (χ2v) is 6.48. The van der Waals surface area contributed by atoms with Crippen LogP contribution in [0.4, 0.5) is 10.1 Å². The second-order valence-electron chi connectivity index (χ2n) is 4.79.